The highest BCUT2D eigenvalue weighted by Gasteiger charge is 2.16. The monoisotopic (exact) mass is 460 g/mol. The molecule has 1 N–H and O–H groups in total. The molecule has 1 amide bonds. The summed E-state index contributed by atoms with van der Waals surface area (Å²) in [5, 5.41) is 11.9. The van der Waals surface area contributed by atoms with Crippen LogP contribution in [-0.4, -0.2) is 33.5 Å². The zero-order valence-electron chi connectivity index (χ0n) is 15.6. The number of amides is 1. The fourth-order valence-electron chi connectivity index (χ4n) is 2.80. The highest BCUT2D eigenvalue weighted by molar-refractivity contribution is 9.10. The molecule has 0 spiro atoms. The number of ether oxygens (including phenoxy) is 1. The van der Waals surface area contributed by atoms with Crippen LogP contribution in [0.3, 0.4) is 0 Å². The van der Waals surface area contributed by atoms with Gasteiger partial charge in [-0.1, -0.05) is 58.9 Å². The molecule has 6 nitrogen and oxygen atoms in total. The van der Waals surface area contributed by atoms with E-state index >= 15 is 0 Å². The summed E-state index contributed by atoms with van der Waals surface area (Å²) in [7, 11) is 1.62. The number of para-hydroxylation sites is 2. The van der Waals surface area contributed by atoms with Crippen LogP contribution in [0.5, 0.6) is 5.75 Å². The summed E-state index contributed by atoms with van der Waals surface area (Å²) in [6.45, 7) is 2.05. The maximum Gasteiger partial charge on any atom is 0.230 e. The molecule has 0 saturated heterocycles. The van der Waals surface area contributed by atoms with Gasteiger partial charge in [-0.05, 0) is 36.2 Å². The molecular formula is C20H21BrN4O2S. The number of aromatic nitrogens is 3. The van der Waals surface area contributed by atoms with Gasteiger partial charge in [-0.2, -0.15) is 0 Å². The van der Waals surface area contributed by atoms with E-state index in [4.69, 9.17) is 4.74 Å². The Balaban J connectivity index is 1.65. The Kier molecular flexibility index (Phi) is 7.11. The Labute approximate surface area is 176 Å². The molecule has 0 aliphatic carbocycles. The number of carbonyl (C=O) groups is 1. The molecule has 0 unspecified atom stereocenters. The second-order valence-corrected chi connectivity index (χ2v) is 7.88. The van der Waals surface area contributed by atoms with Gasteiger partial charge in [-0.3, -0.25) is 9.36 Å². The largest absolute Gasteiger partial charge is 0.495 e. The normalized spacial score (nSPS) is 11.8. The average Bonchev–Trinajstić information content (AvgIpc) is 3.19. The predicted octanol–water partition coefficient (Wildman–Crippen LogP) is 4.40. The summed E-state index contributed by atoms with van der Waals surface area (Å²) in [5.74, 6) is 0.921. The van der Waals surface area contributed by atoms with Crippen molar-refractivity contribution >= 4 is 33.6 Å². The molecule has 3 aromatic rings. The van der Waals surface area contributed by atoms with Gasteiger partial charge in [-0.25, -0.2) is 0 Å². The van der Waals surface area contributed by atoms with Gasteiger partial charge in [-0.15, -0.1) is 10.2 Å². The number of thioether (sulfide) groups is 1. The molecule has 0 aliphatic rings. The van der Waals surface area contributed by atoms with E-state index in [0.717, 1.165) is 27.9 Å². The fraction of sp³-hybridized carbons (Fsp3) is 0.250. The van der Waals surface area contributed by atoms with Crippen LogP contribution in [0.25, 0.3) is 5.69 Å². The molecule has 0 fully saturated rings. The molecule has 28 heavy (non-hydrogen) atoms. The van der Waals surface area contributed by atoms with Crippen molar-refractivity contribution < 1.29 is 9.53 Å². The van der Waals surface area contributed by atoms with Crippen LogP contribution >= 0.6 is 27.7 Å². The van der Waals surface area contributed by atoms with E-state index in [1.54, 1.807) is 13.4 Å². The number of hydrogen-bond acceptors (Lipinski definition) is 5. The molecule has 0 saturated carbocycles. The first-order valence-electron chi connectivity index (χ1n) is 8.83. The van der Waals surface area contributed by atoms with Crippen molar-refractivity contribution in [2.75, 3.05) is 12.9 Å². The standard InChI is InChI=1S/C20H21BrN4O2S/c1-3-16(14-8-10-15(21)11-9-14)23-19(26)12-28-20-24-22-13-25(20)17-6-4-5-7-18(17)27-2/h4-11,13,16H,3,12H2,1-2H3,(H,23,26)/t16-/m0/s1. The minimum atomic E-state index is -0.0469. The van der Waals surface area contributed by atoms with Crippen LogP contribution in [-0.2, 0) is 4.79 Å². The topological polar surface area (TPSA) is 69.0 Å². The van der Waals surface area contributed by atoms with Crippen LogP contribution in [0, 0.1) is 0 Å². The summed E-state index contributed by atoms with van der Waals surface area (Å²) >= 11 is 4.78. The summed E-state index contributed by atoms with van der Waals surface area (Å²) in [6, 6.07) is 15.6. The Hall–Kier alpha value is -2.32. The lowest BCUT2D eigenvalue weighted by atomic mass is 10.0. The van der Waals surface area contributed by atoms with Gasteiger partial charge < -0.3 is 10.1 Å². The van der Waals surface area contributed by atoms with E-state index in [-0.39, 0.29) is 17.7 Å². The molecule has 1 heterocycles. The minimum Gasteiger partial charge on any atom is -0.495 e. The Morgan fingerprint density at radius 3 is 2.71 bits per heavy atom. The summed E-state index contributed by atoms with van der Waals surface area (Å²) < 4.78 is 8.25. The van der Waals surface area contributed by atoms with E-state index in [1.807, 2.05) is 53.1 Å². The summed E-state index contributed by atoms with van der Waals surface area (Å²) in [6.07, 6.45) is 2.43. The molecule has 1 aromatic heterocycles. The number of nitrogens with one attached hydrogen (secondary N) is 1. The highest BCUT2D eigenvalue weighted by Crippen LogP contribution is 2.27. The molecule has 146 valence electrons. The van der Waals surface area contributed by atoms with E-state index in [2.05, 4.69) is 38.4 Å². The lowest BCUT2D eigenvalue weighted by molar-refractivity contribution is -0.119. The molecule has 3 rings (SSSR count). The van der Waals surface area contributed by atoms with Crippen molar-refractivity contribution in [1.82, 2.24) is 20.1 Å². The van der Waals surface area contributed by atoms with Crippen LogP contribution in [0.1, 0.15) is 24.9 Å². The molecule has 2 aromatic carbocycles. The number of nitrogens with zero attached hydrogens (tertiary/aromatic N) is 3. The van der Waals surface area contributed by atoms with E-state index < -0.39 is 0 Å². The SMILES string of the molecule is CC[C@H](NC(=O)CSc1nncn1-c1ccccc1OC)c1ccc(Br)cc1. The third kappa shape index (κ3) is 4.94. The molecule has 0 radical (unpaired) electrons. The number of methoxy groups -OCH3 is 1. The molecule has 0 bridgehead atoms. The molecule has 8 heteroatoms. The molecule has 0 aliphatic heterocycles. The predicted molar refractivity (Wildman–Crippen MR) is 114 cm³/mol. The van der Waals surface area contributed by atoms with Gasteiger partial charge in [0.25, 0.3) is 0 Å². The Morgan fingerprint density at radius 1 is 1.25 bits per heavy atom. The maximum absolute atomic E-state index is 12.5. The second kappa shape index (κ2) is 9.75. The molecule has 1 atom stereocenters. The number of hydrogen-bond donors (Lipinski definition) is 1. The van der Waals surface area contributed by atoms with Crippen molar-refractivity contribution in [2.45, 2.75) is 24.5 Å². The molecular weight excluding hydrogens is 440 g/mol. The minimum absolute atomic E-state index is 0.0201. The first kappa shape index (κ1) is 20.4. The van der Waals surface area contributed by atoms with Crippen molar-refractivity contribution in [3.8, 4) is 11.4 Å². The van der Waals surface area contributed by atoms with Crippen LogP contribution in [0.4, 0.5) is 0 Å². The van der Waals surface area contributed by atoms with Gasteiger partial charge in [0.1, 0.15) is 12.1 Å². The van der Waals surface area contributed by atoms with Gasteiger partial charge in [0.2, 0.25) is 5.91 Å². The average molecular weight is 461 g/mol. The zero-order valence-corrected chi connectivity index (χ0v) is 18.0. The number of rotatable bonds is 8. The lowest BCUT2D eigenvalue weighted by Crippen LogP contribution is -2.29. The number of halogens is 1. The third-order valence-corrected chi connectivity index (χ3v) is 5.68. The highest BCUT2D eigenvalue weighted by atomic mass is 79.9. The van der Waals surface area contributed by atoms with Crippen molar-refractivity contribution in [1.29, 1.82) is 0 Å². The Morgan fingerprint density at radius 2 is 2.00 bits per heavy atom. The van der Waals surface area contributed by atoms with Crippen molar-refractivity contribution in [2.24, 2.45) is 0 Å². The van der Waals surface area contributed by atoms with Crippen molar-refractivity contribution in [3.05, 3.63) is 64.9 Å². The Bertz CT molecular complexity index is 930. The number of benzene rings is 2. The number of carbonyl (C=O) groups excluding carboxylic acids is 1. The quantitative estimate of drug-likeness (QED) is 0.504. The van der Waals surface area contributed by atoms with Gasteiger partial charge in [0.15, 0.2) is 5.16 Å². The van der Waals surface area contributed by atoms with Crippen molar-refractivity contribution in [3.63, 3.8) is 0 Å². The summed E-state index contributed by atoms with van der Waals surface area (Å²) in [4.78, 5) is 12.5. The summed E-state index contributed by atoms with van der Waals surface area (Å²) in [5.41, 5.74) is 1.92. The second-order valence-electron chi connectivity index (χ2n) is 6.02. The van der Waals surface area contributed by atoms with Gasteiger partial charge in [0, 0.05) is 4.47 Å². The first-order chi connectivity index (χ1) is 13.6. The van der Waals surface area contributed by atoms with Crippen LogP contribution < -0.4 is 10.1 Å². The fourth-order valence-corrected chi connectivity index (χ4v) is 3.80. The lowest BCUT2D eigenvalue weighted by Gasteiger charge is -2.17. The first-order valence-corrected chi connectivity index (χ1v) is 10.6. The van der Waals surface area contributed by atoms with Gasteiger partial charge >= 0.3 is 0 Å². The zero-order chi connectivity index (χ0) is 19.9. The van der Waals surface area contributed by atoms with E-state index in [1.165, 1.54) is 11.8 Å². The maximum atomic E-state index is 12.5. The van der Waals surface area contributed by atoms with Gasteiger partial charge in [0.05, 0.1) is 24.6 Å². The van der Waals surface area contributed by atoms with E-state index in [9.17, 15) is 4.79 Å². The van der Waals surface area contributed by atoms with Crippen LogP contribution in [0.15, 0.2) is 64.5 Å². The van der Waals surface area contributed by atoms with E-state index in [0.29, 0.717) is 5.16 Å². The van der Waals surface area contributed by atoms with Crippen LogP contribution in [0.2, 0.25) is 0 Å². The smallest absolute Gasteiger partial charge is 0.230 e. The third-order valence-electron chi connectivity index (χ3n) is 4.21.